The number of ether oxygens (including phenoxy) is 1. The van der Waals surface area contributed by atoms with Gasteiger partial charge >= 0.3 is 11.9 Å². The molecule has 1 aromatic carbocycles. The van der Waals surface area contributed by atoms with Gasteiger partial charge in [-0.25, -0.2) is 4.79 Å². The third-order valence-electron chi connectivity index (χ3n) is 14.8. The zero-order valence-electron chi connectivity index (χ0n) is 27.6. The number of benzene rings is 1. The van der Waals surface area contributed by atoms with Crippen molar-refractivity contribution in [2.75, 3.05) is 0 Å². The van der Waals surface area contributed by atoms with Crippen LogP contribution in [0.1, 0.15) is 112 Å². The number of rotatable bonds is 4. The first-order valence-corrected chi connectivity index (χ1v) is 17.1. The topological polar surface area (TPSA) is 63.6 Å². The Hall–Kier alpha value is -2.36. The van der Waals surface area contributed by atoms with Crippen molar-refractivity contribution in [1.29, 1.82) is 0 Å². The summed E-state index contributed by atoms with van der Waals surface area (Å²) in [4.78, 5) is 25.9. The van der Waals surface area contributed by atoms with E-state index in [1.54, 1.807) is 6.08 Å². The summed E-state index contributed by atoms with van der Waals surface area (Å²) < 4.78 is 6.21. The van der Waals surface area contributed by atoms with Crippen LogP contribution in [0.3, 0.4) is 0 Å². The zero-order valence-corrected chi connectivity index (χ0v) is 27.6. The highest BCUT2D eigenvalue weighted by Gasteiger charge is 2.69. The van der Waals surface area contributed by atoms with Crippen LogP contribution in [-0.2, 0) is 14.3 Å². The van der Waals surface area contributed by atoms with Gasteiger partial charge in [-0.15, -0.1) is 0 Å². The molecular formula is C39H54O4. The van der Waals surface area contributed by atoms with Gasteiger partial charge in [0.25, 0.3) is 0 Å². The van der Waals surface area contributed by atoms with E-state index in [0.29, 0.717) is 23.7 Å². The fourth-order valence-electron chi connectivity index (χ4n) is 12.0. The van der Waals surface area contributed by atoms with Gasteiger partial charge in [0.2, 0.25) is 0 Å². The molecule has 4 saturated carbocycles. The van der Waals surface area contributed by atoms with Crippen molar-refractivity contribution in [3.63, 3.8) is 0 Å². The van der Waals surface area contributed by atoms with Crippen LogP contribution in [0, 0.1) is 56.7 Å². The minimum atomic E-state index is -0.597. The van der Waals surface area contributed by atoms with E-state index in [2.05, 4.69) is 54.5 Å². The van der Waals surface area contributed by atoms with Crippen LogP contribution in [-0.4, -0.2) is 23.1 Å². The molecule has 0 aromatic heterocycles. The number of aliphatic carboxylic acids is 1. The molecule has 4 heteroatoms. The first-order chi connectivity index (χ1) is 20.2. The lowest BCUT2D eigenvalue weighted by molar-refractivity contribution is -0.213. The monoisotopic (exact) mass is 586 g/mol. The van der Waals surface area contributed by atoms with Crippen LogP contribution in [0.2, 0.25) is 0 Å². The van der Waals surface area contributed by atoms with Gasteiger partial charge in [0, 0.05) is 11.5 Å². The van der Waals surface area contributed by atoms with Crippen LogP contribution >= 0.6 is 0 Å². The molecule has 4 nitrogen and oxygen atoms in total. The van der Waals surface area contributed by atoms with Gasteiger partial charge in [-0.05, 0) is 115 Å². The number of carbonyl (C=O) groups is 2. The van der Waals surface area contributed by atoms with Crippen molar-refractivity contribution >= 4 is 18.0 Å². The second-order valence-electron chi connectivity index (χ2n) is 16.6. The second kappa shape index (κ2) is 10.3. The van der Waals surface area contributed by atoms with Gasteiger partial charge in [-0.2, -0.15) is 0 Å². The smallest absolute Gasteiger partial charge is 0.331 e. The van der Waals surface area contributed by atoms with E-state index in [1.165, 1.54) is 5.57 Å². The summed E-state index contributed by atoms with van der Waals surface area (Å²) >= 11 is 0. The average Bonchev–Trinajstić information content (AvgIpc) is 2.96. The third-order valence-corrected chi connectivity index (χ3v) is 14.8. The van der Waals surface area contributed by atoms with E-state index >= 15 is 0 Å². The first kappa shape index (κ1) is 30.7. The number of hydrogen-bond donors (Lipinski definition) is 1. The predicted molar refractivity (Wildman–Crippen MR) is 172 cm³/mol. The molecule has 0 aliphatic heterocycles. The van der Waals surface area contributed by atoms with E-state index in [1.807, 2.05) is 36.4 Å². The lowest BCUT2D eigenvalue weighted by Crippen LogP contribution is -2.65. The normalized spacial score (nSPS) is 45.1. The van der Waals surface area contributed by atoms with Gasteiger partial charge in [-0.3, -0.25) is 4.79 Å². The molecule has 10 atom stereocenters. The molecule has 0 amide bonds. The van der Waals surface area contributed by atoms with Crippen molar-refractivity contribution in [3.05, 3.63) is 53.6 Å². The summed E-state index contributed by atoms with van der Waals surface area (Å²) in [5.74, 6) is 1.29. The van der Waals surface area contributed by atoms with E-state index in [9.17, 15) is 14.7 Å². The Balaban J connectivity index is 1.28. The maximum atomic E-state index is 13.0. The Morgan fingerprint density at radius 2 is 1.60 bits per heavy atom. The Kier molecular flexibility index (Phi) is 7.38. The molecule has 234 valence electrons. The molecule has 0 spiro atoms. The summed E-state index contributed by atoms with van der Waals surface area (Å²) in [7, 11) is 0. The summed E-state index contributed by atoms with van der Waals surface area (Å²) in [6, 6.07) is 9.91. The van der Waals surface area contributed by atoms with Gasteiger partial charge in [0.05, 0.1) is 5.41 Å². The molecule has 5 aliphatic rings. The predicted octanol–water partition coefficient (Wildman–Crippen LogP) is 9.35. The first-order valence-electron chi connectivity index (χ1n) is 17.1. The van der Waals surface area contributed by atoms with E-state index in [0.717, 1.165) is 63.4 Å². The Morgan fingerprint density at radius 3 is 2.30 bits per heavy atom. The van der Waals surface area contributed by atoms with Gasteiger partial charge in [0.15, 0.2) is 0 Å². The quantitative estimate of drug-likeness (QED) is 0.217. The fraction of sp³-hybridized carbons (Fsp3) is 0.692. The molecule has 0 radical (unpaired) electrons. The van der Waals surface area contributed by atoms with Crippen molar-refractivity contribution in [2.24, 2.45) is 56.7 Å². The number of carboxylic acids is 1. The van der Waals surface area contributed by atoms with E-state index < -0.39 is 11.4 Å². The summed E-state index contributed by atoms with van der Waals surface area (Å²) in [5.41, 5.74) is 2.08. The summed E-state index contributed by atoms with van der Waals surface area (Å²) in [5, 5.41) is 10.7. The van der Waals surface area contributed by atoms with E-state index in [-0.39, 0.29) is 39.7 Å². The van der Waals surface area contributed by atoms with Gasteiger partial charge < -0.3 is 9.84 Å². The number of esters is 1. The molecule has 5 aliphatic carbocycles. The Bertz CT molecular complexity index is 1330. The van der Waals surface area contributed by atoms with Gasteiger partial charge in [-0.1, -0.05) is 90.4 Å². The zero-order chi connectivity index (χ0) is 31.0. The molecule has 43 heavy (non-hydrogen) atoms. The summed E-state index contributed by atoms with van der Waals surface area (Å²) in [6.45, 7) is 17.0. The number of allylic oxidation sites excluding steroid dienone is 2. The summed E-state index contributed by atoms with van der Waals surface area (Å²) in [6.07, 6.45) is 14.8. The maximum Gasteiger partial charge on any atom is 0.331 e. The number of hydrogen-bond acceptors (Lipinski definition) is 3. The number of carbonyl (C=O) groups excluding carboxylic acids is 1. The average molecular weight is 587 g/mol. The highest BCUT2D eigenvalue weighted by molar-refractivity contribution is 5.87. The van der Waals surface area contributed by atoms with Crippen molar-refractivity contribution in [1.82, 2.24) is 0 Å². The largest absolute Gasteiger partial charge is 0.481 e. The molecule has 0 bridgehead atoms. The lowest BCUT2D eigenvalue weighted by Gasteiger charge is -2.71. The molecule has 1 aromatic rings. The third kappa shape index (κ3) is 4.35. The van der Waals surface area contributed by atoms with Crippen molar-refractivity contribution < 1.29 is 19.4 Å². The molecule has 6 rings (SSSR count). The van der Waals surface area contributed by atoms with Crippen molar-refractivity contribution in [3.8, 4) is 0 Å². The van der Waals surface area contributed by atoms with Crippen molar-refractivity contribution in [2.45, 2.75) is 112 Å². The SMILES string of the molecule is C[C@@H]1CC[C@]2(C(=O)O)CC[C@]3(C)C(=CCC4[C@@]5(C)CC[C@H](OC(=O)/C=C/c6ccccc6)C(C)(C)C5CC[C@]43C)C2[C@H]1C. The Labute approximate surface area is 259 Å². The van der Waals surface area contributed by atoms with Crippen LogP contribution in [0.5, 0.6) is 0 Å². The minimum absolute atomic E-state index is 0.0223. The highest BCUT2D eigenvalue weighted by atomic mass is 16.5. The number of fused-ring (bicyclic) bond motifs is 7. The molecule has 4 fully saturated rings. The highest BCUT2D eigenvalue weighted by Crippen LogP contribution is 2.75. The van der Waals surface area contributed by atoms with Crippen LogP contribution in [0.25, 0.3) is 6.08 Å². The standard InChI is InChI=1S/C39H54O4/c1-25-17-22-39(34(41)42)24-23-37(6)28(33(39)26(25)2)14-15-30-36(5)20-19-31(35(3,4)29(36)18-21-38(30,37)7)43-32(40)16-13-27-11-9-8-10-12-27/h8-14,16,25-26,29-31,33H,15,17-24H2,1-7H3,(H,41,42)/b16-13+/t25-,26+,29?,30?,31+,33?,36+,37-,38-,39+/m1/s1. The number of carboxylic acid groups (broad SMARTS) is 1. The molecule has 0 heterocycles. The Morgan fingerprint density at radius 1 is 0.884 bits per heavy atom. The lowest BCUT2D eigenvalue weighted by atomic mass is 9.33. The minimum Gasteiger partial charge on any atom is -0.481 e. The van der Waals surface area contributed by atoms with Gasteiger partial charge in [0.1, 0.15) is 6.10 Å². The molecule has 1 N–H and O–H groups in total. The van der Waals surface area contributed by atoms with Crippen LogP contribution in [0.15, 0.2) is 48.1 Å². The fourth-order valence-corrected chi connectivity index (χ4v) is 12.0. The van der Waals surface area contributed by atoms with Crippen LogP contribution < -0.4 is 0 Å². The second-order valence-corrected chi connectivity index (χ2v) is 16.6. The van der Waals surface area contributed by atoms with Crippen LogP contribution in [0.4, 0.5) is 0 Å². The molecular weight excluding hydrogens is 532 g/mol. The van der Waals surface area contributed by atoms with E-state index in [4.69, 9.17) is 4.74 Å². The molecule has 3 unspecified atom stereocenters. The maximum absolute atomic E-state index is 13.0. The molecule has 0 saturated heterocycles.